The van der Waals surface area contributed by atoms with Crippen molar-refractivity contribution in [3.05, 3.63) is 12.7 Å². The fourth-order valence-corrected chi connectivity index (χ4v) is 4.10. The van der Waals surface area contributed by atoms with Crippen molar-refractivity contribution in [2.45, 2.75) is 75.6 Å². The van der Waals surface area contributed by atoms with Crippen LogP contribution >= 0.6 is 0 Å². The maximum absolute atomic E-state index is 15.5. The van der Waals surface area contributed by atoms with Gasteiger partial charge < -0.3 is 20.3 Å². The van der Waals surface area contributed by atoms with Crippen molar-refractivity contribution in [2.24, 2.45) is 0 Å². The molecule has 1 saturated carbocycles. The van der Waals surface area contributed by atoms with Gasteiger partial charge in [-0.3, -0.25) is 4.57 Å². The molecule has 0 radical (unpaired) electrons. The Kier molecular flexibility index (Phi) is 4.56. The molecule has 0 unspecified atom stereocenters. The summed E-state index contributed by atoms with van der Waals surface area (Å²) in [5.41, 5.74) is -3.03. The summed E-state index contributed by atoms with van der Waals surface area (Å²) in [6.45, 7) is 2.11. The van der Waals surface area contributed by atoms with E-state index in [-0.39, 0.29) is 0 Å². The Bertz CT molecular complexity index is 818. The van der Waals surface area contributed by atoms with Crippen molar-refractivity contribution in [3.8, 4) is 0 Å². The Morgan fingerprint density at radius 3 is 2.67 bits per heavy atom. The van der Waals surface area contributed by atoms with Crippen molar-refractivity contribution in [1.82, 2.24) is 19.5 Å². The molecule has 0 spiro atoms. The smallest absolute Gasteiger partial charge is 0.183 e. The van der Waals surface area contributed by atoms with Crippen LogP contribution in [0.4, 0.5) is 10.2 Å². The average molecular weight is 379 g/mol. The number of imidazole rings is 1. The zero-order chi connectivity index (χ0) is 19.2. The lowest BCUT2D eigenvalue weighted by Gasteiger charge is -2.32. The van der Waals surface area contributed by atoms with Gasteiger partial charge in [-0.25, -0.2) is 19.3 Å². The van der Waals surface area contributed by atoms with Crippen LogP contribution in [0.3, 0.4) is 0 Å². The summed E-state index contributed by atoms with van der Waals surface area (Å²) >= 11 is 0. The SMILES string of the molecule is C[C@]1(F)[C@H](n2cnc3c(NC4CCCCC4)ncnc32)O[C@H](CO)[C@@]1(C)O. The number of ether oxygens (including phenoxy) is 1. The van der Waals surface area contributed by atoms with Gasteiger partial charge in [-0.1, -0.05) is 19.3 Å². The zero-order valence-electron chi connectivity index (χ0n) is 15.6. The average Bonchev–Trinajstić information content (AvgIpc) is 3.14. The molecular weight excluding hydrogens is 353 g/mol. The van der Waals surface area contributed by atoms with Gasteiger partial charge in [0.1, 0.15) is 18.0 Å². The van der Waals surface area contributed by atoms with E-state index in [1.54, 1.807) is 0 Å². The molecule has 2 aliphatic rings. The third-order valence-electron chi connectivity index (χ3n) is 6.10. The molecule has 2 fully saturated rings. The van der Waals surface area contributed by atoms with Crippen LogP contribution in [0.1, 0.15) is 52.2 Å². The summed E-state index contributed by atoms with van der Waals surface area (Å²) in [5, 5.41) is 23.5. The topological polar surface area (TPSA) is 105 Å². The Labute approximate surface area is 156 Å². The van der Waals surface area contributed by atoms with Gasteiger partial charge in [0.05, 0.1) is 12.9 Å². The minimum atomic E-state index is -2.14. The number of hydrogen-bond donors (Lipinski definition) is 3. The van der Waals surface area contributed by atoms with E-state index < -0.39 is 30.2 Å². The number of anilines is 1. The number of nitrogens with zero attached hydrogens (tertiary/aromatic N) is 4. The van der Waals surface area contributed by atoms with E-state index in [0.717, 1.165) is 12.8 Å². The molecule has 3 heterocycles. The van der Waals surface area contributed by atoms with Crippen LogP contribution in [0, 0.1) is 0 Å². The molecule has 148 valence electrons. The molecule has 9 heteroatoms. The van der Waals surface area contributed by atoms with Gasteiger partial charge in [-0.15, -0.1) is 0 Å². The van der Waals surface area contributed by atoms with Crippen LogP contribution in [0.25, 0.3) is 11.2 Å². The fourth-order valence-electron chi connectivity index (χ4n) is 4.10. The van der Waals surface area contributed by atoms with E-state index in [1.165, 1.54) is 50.3 Å². The monoisotopic (exact) mass is 379 g/mol. The van der Waals surface area contributed by atoms with Crippen LogP contribution in [-0.2, 0) is 4.74 Å². The van der Waals surface area contributed by atoms with Gasteiger partial charge in [0.2, 0.25) is 0 Å². The molecule has 2 aromatic heterocycles. The Morgan fingerprint density at radius 1 is 1.26 bits per heavy atom. The second kappa shape index (κ2) is 6.65. The van der Waals surface area contributed by atoms with Crippen LogP contribution in [-0.4, -0.2) is 59.8 Å². The molecule has 1 aliphatic carbocycles. The highest BCUT2D eigenvalue weighted by molar-refractivity contribution is 5.82. The summed E-state index contributed by atoms with van der Waals surface area (Å²) in [7, 11) is 0. The number of fused-ring (bicyclic) bond motifs is 1. The van der Waals surface area contributed by atoms with Gasteiger partial charge in [0.25, 0.3) is 0 Å². The van der Waals surface area contributed by atoms with Crippen molar-refractivity contribution >= 4 is 17.0 Å². The Balaban J connectivity index is 1.69. The lowest BCUT2D eigenvalue weighted by molar-refractivity contribution is -0.0891. The molecule has 2 aromatic rings. The molecule has 3 N–H and O–H groups in total. The first-order valence-corrected chi connectivity index (χ1v) is 9.48. The summed E-state index contributed by atoms with van der Waals surface area (Å²) in [6.07, 6.45) is 6.46. The number of aromatic nitrogens is 4. The molecular formula is C18H26FN5O3. The highest BCUT2D eigenvalue weighted by atomic mass is 19.1. The molecule has 0 amide bonds. The van der Waals surface area contributed by atoms with E-state index in [2.05, 4.69) is 20.3 Å². The normalized spacial score (nSPS) is 35.0. The van der Waals surface area contributed by atoms with E-state index >= 15 is 4.39 Å². The number of halogens is 1. The summed E-state index contributed by atoms with van der Waals surface area (Å²) < 4.78 is 22.6. The van der Waals surface area contributed by atoms with Crippen molar-refractivity contribution in [1.29, 1.82) is 0 Å². The number of aliphatic hydroxyl groups is 2. The number of hydrogen-bond acceptors (Lipinski definition) is 7. The standard InChI is InChI=1S/C18H26FN5O3/c1-17(19)16(27-12(8-25)18(17,2)26)24-10-22-13-14(20-9-21-15(13)24)23-11-6-4-3-5-7-11/h9-12,16,25-26H,3-8H2,1-2H3,(H,20,21,23)/t12-,16-,17+,18-/m1/s1. The maximum atomic E-state index is 15.5. The molecule has 4 rings (SSSR count). The minimum Gasteiger partial charge on any atom is -0.394 e. The minimum absolute atomic E-state index is 0.343. The molecule has 1 saturated heterocycles. The third-order valence-corrected chi connectivity index (χ3v) is 6.10. The summed E-state index contributed by atoms with van der Waals surface area (Å²) in [5.74, 6) is 0.620. The quantitative estimate of drug-likeness (QED) is 0.745. The highest BCUT2D eigenvalue weighted by Gasteiger charge is 2.63. The maximum Gasteiger partial charge on any atom is 0.183 e. The molecule has 4 atom stereocenters. The molecule has 0 bridgehead atoms. The van der Waals surface area contributed by atoms with Gasteiger partial charge in [0, 0.05) is 6.04 Å². The van der Waals surface area contributed by atoms with E-state index in [4.69, 9.17) is 4.74 Å². The van der Waals surface area contributed by atoms with Crippen molar-refractivity contribution in [3.63, 3.8) is 0 Å². The second-order valence-corrected chi connectivity index (χ2v) is 7.91. The van der Waals surface area contributed by atoms with Crippen LogP contribution in [0.2, 0.25) is 0 Å². The Morgan fingerprint density at radius 2 is 2.00 bits per heavy atom. The predicted octanol–water partition coefficient (Wildman–Crippen LogP) is 1.94. The Hall–Kier alpha value is -1.84. The third kappa shape index (κ3) is 2.88. The molecule has 0 aromatic carbocycles. The molecule has 27 heavy (non-hydrogen) atoms. The first kappa shape index (κ1) is 18.5. The van der Waals surface area contributed by atoms with Crippen molar-refractivity contribution in [2.75, 3.05) is 11.9 Å². The van der Waals surface area contributed by atoms with Crippen LogP contribution in [0.5, 0.6) is 0 Å². The number of aliphatic hydroxyl groups excluding tert-OH is 1. The van der Waals surface area contributed by atoms with Gasteiger partial charge in [-0.2, -0.15) is 0 Å². The summed E-state index contributed by atoms with van der Waals surface area (Å²) in [6, 6.07) is 0.343. The van der Waals surface area contributed by atoms with Crippen LogP contribution < -0.4 is 5.32 Å². The predicted molar refractivity (Wildman–Crippen MR) is 97.0 cm³/mol. The lowest BCUT2D eigenvalue weighted by Crippen LogP contribution is -2.51. The second-order valence-electron chi connectivity index (χ2n) is 7.91. The molecule has 1 aliphatic heterocycles. The number of nitrogens with one attached hydrogen (secondary N) is 1. The zero-order valence-corrected chi connectivity index (χ0v) is 15.6. The number of rotatable bonds is 4. The fraction of sp³-hybridized carbons (Fsp3) is 0.722. The highest BCUT2D eigenvalue weighted by Crippen LogP contribution is 2.48. The number of alkyl halides is 1. The van der Waals surface area contributed by atoms with Gasteiger partial charge in [0.15, 0.2) is 28.9 Å². The first-order chi connectivity index (χ1) is 12.9. The van der Waals surface area contributed by atoms with E-state index in [1.807, 2.05) is 0 Å². The first-order valence-electron chi connectivity index (χ1n) is 9.48. The largest absolute Gasteiger partial charge is 0.394 e. The lowest BCUT2D eigenvalue weighted by atomic mass is 9.85. The van der Waals surface area contributed by atoms with Gasteiger partial charge in [-0.05, 0) is 26.7 Å². The van der Waals surface area contributed by atoms with Crippen molar-refractivity contribution < 1.29 is 19.3 Å². The molecule has 8 nitrogen and oxygen atoms in total. The van der Waals surface area contributed by atoms with Gasteiger partial charge >= 0.3 is 0 Å². The van der Waals surface area contributed by atoms with Crippen LogP contribution in [0.15, 0.2) is 12.7 Å². The van der Waals surface area contributed by atoms with E-state index in [0.29, 0.717) is 23.0 Å². The van der Waals surface area contributed by atoms with E-state index in [9.17, 15) is 10.2 Å². The summed E-state index contributed by atoms with van der Waals surface area (Å²) in [4.78, 5) is 13.0.